The van der Waals surface area contributed by atoms with Gasteiger partial charge in [0, 0.05) is 23.8 Å². The van der Waals surface area contributed by atoms with Gasteiger partial charge in [0.15, 0.2) is 23.4 Å². The van der Waals surface area contributed by atoms with Gasteiger partial charge in [-0.1, -0.05) is 12.1 Å². The second kappa shape index (κ2) is 16.1. The predicted molar refractivity (Wildman–Crippen MR) is 183 cm³/mol. The van der Waals surface area contributed by atoms with Crippen molar-refractivity contribution in [3.63, 3.8) is 0 Å². The highest BCUT2D eigenvalue weighted by Gasteiger charge is 2.49. The van der Waals surface area contributed by atoms with Crippen molar-refractivity contribution < 1.29 is 89.1 Å². The molecule has 11 N–H and O–H groups in total. The summed E-state index contributed by atoms with van der Waals surface area (Å²) >= 11 is 0. The SMILES string of the molecule is O=C(/C=C/c1ccc(O)cc1)O[C@H]1[C@H](Oc2c(-c3ccc(O[C@H]4O[C@@H](CO)[C@H](O)[C@@H](O)[C@@H]4O)c(O)c3)oc3cc(O)cc(O)c3c2=O)O[C@H](CO)[C@@H](O)[C@@H]1O. The lowest BCUT2D eigenvalue weighted by atomic mass is 9.99. The van der Waals surface area contributed by atoms with Crippen LogP contribution in [0.1, 0.15) is 5.56 Å². The summed E-state index contributed by atoms with van der Waals surface area (Å²) in [5, 5.41) is 112. The van der Waals surface area contributed by atoms with E-state index in [-0.39, 0.29) is 22.6 Å². The summed E-state index contributed by atoms with van der Waals surface area (Å²) in [6.45, 7) is -1.62. The van der Waals surface area contributed by atoms with Gasteiger partial charge in [0.1, 0.15) is 70.9 Å². The zero-order valence-corrected chi connectivity index (χ0v) is 28.2. The molecule has 2 fully saturated rings. The molecular weight excluding hydrogens is 736 g/mol. The Morgan fingerprint density at radius 1 is 0.709 bits per heavy atom. The summed E-state index contributed by atoms with van der Waals surface area (Å²) in [5.74, 6) is -4.68. The molecule has 0 spiro atoms. The maximum Gasteiger partial charge on any atom is 0.331 e. The number of benzene rings is 3. The number of hydrogen-bond donors (Lipinski definition) is 11. The third-order valence-electron chi connectivity index (χ3n) is 8.85. The smallest absolute Gasteiger partial charge is 0.331 e. The van der Waals surface area contributed by atoms with Crippen molar-refractivity contribution in [1.29, 1.82) is 0 Å². The fraction of sp³-hybridized carbons (Fsp3) is 0.333. The van der Waals surface area contributed by atoms with E-state index in [4.69, 9.17) is 28.1 Å². The first kappa shape index (κ1) is 39.2. The second-order valence-electron chi connectivity index (χ2n) is 12.6. The summed E-state index contributed by atoms with van der Waals surface area (Å²) in [7, 11) is 0. The van der Waals surface area contributed by atoms with Crippen molar-refractivity contribution in [3.05, 3.63) is 76.5 Å². The zero-order chi connectivity index (χ0) is 39.7. The molecule has 2 aliphatic heterocycles. The highest BCUT2D eigenvalue weighted by atomic mass is 16.7. The van der Waals surface area contributed by atoms with E-state index in [0.29, 0.717) is 5.56 Å². The molecule has 0 saturated carbocycles. The van der Waals surface area contributed by atoms with Gasteiger partial charge in [-0.15, -0.1) is 0 Å². The topological polar surface area (TPSA) is 316 Å². The Morgan fingerprint density at radius 3 is 2.02 bits per heavy atom. The number of rotatable bonds is 10. The van der Waals surface area contributed by atoms with Crippen LogP contribution in [-0.4, -0.2) is 137 Å². The molecule has 6 rings (SSSR count). The lowest BCUT2D eigenvalue weighted by Gasteiger charge is -2.41. The normalized spacial score (nSPS) is 28.3. The zero-order valence-electron chi connectivity index (χ0n) is 28.2. The van der Waals surface area contributed by atoms with Crippen molar-refractivity contribution in [2.24, 2.45) is 0 Å². The molecule has 19 nitrogen and oxygen atoms in total. The molecule has 294 valence electrons. The Kier molecular flexibility index (Phi) is 11.5. The first-order valence-electron chi connectivity index (χ1n) is 16.5. The van der Waals surface area contributed by atoms with Crippen LogP contribution in [0.15, 0.2) is 69.9 Å². The highest BCUT2D eigenvalue weighted by molar-refractivity contribution is 5.89. The van der Waals surface area contributed by atoms with Gasteiger partial charge in [-0.2, -0.15) is 0 Å². The lowest BCUT2D eigenvalue weighted by Crippen LogP contribution is -2.61. The molecule has 1 aromatic heterocycles. The number of aromatic hydroxyl groups is 4. The summed E-state index contributed by atoms with van der Waals surface area (Å²) in [6, 6.07) is 10.8. The van der Waals surface area contributed by atoms with Crippen molar-refractivity contribution in [3.8, 4) is 45.8 Å². The monoisotopic (exact) mass is 772 g/mol. The van der Waals surface area contributed by atoms with Crippen molar-refractivity contribution >= 4 is 23.0 Å². The average Bonchev–Trinajstić information content (AvgIpc) is 3.15. The second-order valence-corrected chi connectivity index (χ2v) is 12.6. The van der Waals surface area contributed by atoms with E-state index in [0.717, 1.165) is 30.3 Å². The Morgan fingerprint density at radius 2 is 1.36 bits per heavy atom. The molecule has 4 aromatic rings. The molecule has 3 heterocycles. The number of phenols is 4. The van der Waals surface area contributed by atoms with Gasteiger partial charge in [-0.25, -0.2) is 4.79 Å². The Hall–Kier alpha value is -5.48. The number of fused-ring (bicyclic) bond motifs is 1. The largest absolute Gasteiger partial charge is 0.508 e. The van der Waals surface area contributed by atoms with E-state index in [1.165, 1.54) is 36.4 Å². The summed E-state index contributed by atoms with van der Waals surface area (Å²) < 4.78 is 33.6. The molecule has 2 saturated heterocycles. The molecule has 0 bridgehead atoms. The minimum Gasteiger partial charge on any atom is -0.508 e. The molecule has 3 aromatic carbocycles. The first-order chi connectivity index (χ1) is 26.2. The fourth-order valence-electron chi connectivity index (χ4n) is 5.93. The number of ether oxygens (including phenoxy) is 5. The van der Waals surface area contributed by atoms with E-state index in [1.54, 1.807) is 0 Å². The van der Waals surface area contributed by atoms with E-state index >= 15 is 0 Å². The Balaban J connectivity index is 1.37. The molecule has 0 amide bonds. The van der Waals surface area contributed by atoms with Crippen LogP contribution in [0.3, 0.4) is 0 Å². The van der Waals surface area contributed by atoms with Crippen LogP contribution < -0.4 is 14.9 Å². The number of phenolic OH excluding ortho intramolecular Hbond substituents is 4. The number of aliphatic hydroxyl groups excluding tert-OH is 7. The third kappa shape index (κ3) is 8.01. The Labute approximate surface area is 308 Å². The van der Waals surface area contributed by atoms with Crippen molar-refractivity contribution in [1.82, 2.24) is 0 Å². The maximum absolute atomic E-state index is 14.0. The van der Waals surface area contributed by atoms with Crippen LogP contribution in [0.25, 0.3) is 28.4 Å². The molecule has 2 aliphatic rings. The first-order valence-corrected chi connectivity index (χ1v) is 16.5. The molecule has 19 heteroatoms. The average molecular weight is 773 g/mol. The van der Waals surface area contributed by atoms with Crippen LogP contribution in [0.4, 0.5) is 0 Å². The van der Waals surface area contributed by atoms with E-state index in [9.17, 15) is 65.8 Å². The fourth-order valence-corrected chi connectivity index (χ4v) is 5.93. The quantitative estimate of drug-likeness (QED) is 0.0673. The summed E-state index contributed by atoms with van der Waals surface area (Å²) in [5.41, 5.74) is -1.14. The van der Waals surface area contributed by atoms with E-state index in [2.05, 4.69) is 0 Å². The number of carbonyl (C=O) groups is 1. The van der Waals surface area contributed by atoms with Crippen LogP contribution >= 0.6 is 0 Å². The number of carbonyl (C=O) groups excluding carboxylic acids is 1. The Bertz CT molecular complexity index is 2100. The molecule has 0 aliphatic carbocycles. The summed E-state index contributed by atoms with van der Waals surface area (Å²) in [6.07, 6.45) is -15.2. The number of aliphatic hydroxyl groups is 7. The van der Waals surface area contributed by atoms with Gasteiger partial charge in [0.25, 0.3) is 0 Å². The van der Waals surface area contributed by atoms with Gasteiger partial charge in [-0.05, 0) is 42.0 Å². The van der Waals surface area contributed by atoms with Crippen LogP contribution in [-0.2, 0) is 19.0 Å². The number of esters is 1. The van der Waals surface area contributed by atoms with Crippen LogP contribution in [0.5, 0.6) is 34.5 Å². The standard InChI is InChI=1S/C36H36O19/c37-12-22-26(44)29(47)31(49)35(52-22)51-20-7-4-15(9-18(20)41)32-33(28(46)25-19(42)10-17(40)11-21(25)50-32)55-36-34(30(48)27(45)23(13-38)53-36)54-24(43)8-3-14-1-5-16(39)6-2-14/h1-11,22-23,26-27,29-31,34-42,44-45,47-49H,12-13H2/b8-3+/t22-,23+,26-,27+,29+,30-,31-,34+,35-,36-/m0/s1. The van der Waals surface area contributed by atoms with Gasteiger partial charge in [0.05, 0.1) is 13.2 Å². The molecule has 0 unspecified atom stereocenters. The van der Waals surface area contributed by atoms with Crippen LogP contribution in [0.2, 0.25) is 0 Å². The third-order valence-corrected chi connectivity index (χ3v) is 8.85. The van der Waals surface area contributed by atoms with E-state index in [1.807, 2.05) is 0 Å². The van der Waals surface area contributed by atoms with Crippen molar-refractivity contribution in [2.75, 3.05) is 13.2 Å². The maximum atomic E-state index is 14.0. The molecule has 0 radical (unpaired) electrons. The minimum atomic E-state index is -1.97. The molecule has 10 atom stereocenters. The molecular formula is C36H36O19. The van der Waals surface area contributed by atoms with Gasteiger partial charge in [-0.3, -0.25) is 4.79 Å². The van der Waals surface area contributed by atoms with Gasteiger partial charge < -0.3 is 84.3 Å². The number of hydrogen-bond acceptors (Lipinski definition) is 19. The lowest BCUT2D eigenvalue weighted by molar-refractivity contribution is -0.281. The van der Waals surface area contributed by atoms with E-state index < -0.39 is 120 Å². The van der Waals surface area contributed by atoms with Gasteiger partial charge >= 0.3 is 5.97 Å². The van der Waals surface area contributed by atoms with Gasteiger partial charge in [0.2, 0.25) is 23.8 Å². The van der Waals surface area contributed by atoms with Crippen LogP contribution in [0, 0.1) is 0 Å². The van der Waals surface area contributed by atoms with Crippen molar-refractivity contribution in [2.45, 2.75) is 61.4 Å². The highest BCUT2D eigenvalue weighted by Crippen LogP contribution is 2.40. The molecule has 55 heavy (non-hydrogen) atoms. The predicted octanol–water partition coefficient (Wildman–Crippen LogP) is -1.10. The minimum absolute atomic E-state index is 0.0233. The summed E-state index contributed by atoms with van der Waals surface area (Å²) in [4.78, 5) is 26.9.